The van der Waals surface area contributed by atoms with E-state index < -0.39 is 0 Å². The predicted octanol–water partition coefficient (Wildman–Crippen LogP) is 3.79. The third-order valence-electron chi connectivity index (χ3n) is 3.76. The van der Waals surface area contributed by atoms with E-state index in [1.807, 2.05) is 34.5 Å². The molecule has 2 aromatic heterocycles. The Labute approximate surface area is 126 Å². The van der Waals surface area contributed by atoms with Gasteiger partial charge in [0.05, 0.1) is 4.88 Å². The minimum absolute atomic E-state index is 0.0865. The van der Waals surface area contributed by atoms with Crippen LogP contribution in [0.15, 0.2) is 40.1 Å². The highest BCUT2D eigenvalue weighted by Gasteiger charge is 2.20. The SMILES string of the molecule is O=C(c1ccc2nc(-c3cccs3)oc2c1)N1CCCC1. The molecule has 0 bridgehead atoms. The van der Waals surface area contributed by atoms with Gasteiger partial charge in [-0.25, -0.2) is 4.98 Å². The zero-order valence-electron chi connectivity index (χ0n) is 11.4. The molecule has 0 radical (unpaired) electrons. The van der Waals surface area contributed by atoms with Crippen LogP contribution in [-0.4, -0.2) is 28.9 Å². The third kappa shape index (κ3) is 2.23. The molecule has 1 amide bonds. The number of thiophene rings is 1. The van der Waals surface area contributed by atoms with Gasteiger partial charge in [-0.15, -0.1) is 11.3 Å². The lowest BCUT2D eigenvalue weighted by atomic mass is 10.2. The number of benzene rings is 1. The molecule has 1 aliphatic heterocycles. The Hall–Kier alpha value is -2.14. The number of hydrogen-bond acceptors (Lipinski definition) is 4. The second-order valence-electron chi connectivity index (χ2n) is 5.18. The molecule has 4 rings (SSSR count). The van der Waals surface area contributed by atoms with Crippen molar-refractivity contribution in [1.82, 2.24) is 9.88 Å². The molecule has 1 aromatic carbocycles. The van der Waals surface area contributed by atoms with Gasteiger partial charge in [-0.1, -0.05) is 6.07 Å². The Morgan fingerprint density at radius 2 is 2.10 bits per heavy atom. The van der Waals surface area contributed by atoms with Crippen LogP contribution in [-0.2, 0) is 0 Å². The van der Waals surface area contributed by atoms with E-state index in [0.29, 0.717) is 17.0 Å². The molecule has 3 aromatic rings. The molecule has 0 saturated carbocycles. The summed E-state index contributed by atoms with van der Waals surface area (Å²) in [6, 6.07) is 9.45. The van der Waals surface area contributed by atoms with Crippen LogP contribution in [0.5, 0.6) is 0 Å². The molecular formula is C16H14N2O2S. The van der Waals surface area contributed by atoms with Crippen molar-refractivity contribution in [1.29, 1.82) is 0 Å². The second kappa shape index (κ2) is 5.00. The van der Waals surface area contributed by atoms with Gasteiger partial charge in [0, 0.05) is 18.7 Å². The van der Waals surface area contributed by atoms with Gasteiger partial charge >= 0.3 is 0 Å². The molecule has 1 saturated heterocycles. The van der Waals surface area contributed by atoms with Crippen molar-refractivity contribution in [2.75, 3.05) is 13.1 Å². The maximum absolute atomic E-state index is 12.4. The molecule has 4 nitrogen and oxygen atoms in total. The summed E-state index contributed by atoms with van der Waals surface area (Å²) in [6.07, 6.45) is 2.19. The number of carbonyl (C=O) groups is 1. The van der Waals surface area contributed by atoms with Crippen molar-refractivity contribution in [2.24, 2.45) is 0 Å². The number of likely N-dealkylation sites (tertiary alicyclic amines) is 1. The lowest BCUT2D eigenvalue weighted by Gasteiger charge is -2.14. The summed E-state index contributed by atoms with van der Waals surface area (Å²) >= 11 is 1.59. The molecule has 1 aliphatic rings. The molecule has 106 valence electrons. The number of fused-ring (bicyclic) bond motifs is 1. The highest BCUT2D eigenvalue weighted by Crippen LogP contribution is 2.28. The van der Waals surface area contributed by atoms with Gasteiger partial charge in [-0.3, -0.25) is 4.79 Å². The van der Waals surface area contributed by atoms with E-state index in [1.165, 1.54) is 0 Å². The summed E-state index contributed by atoms with van der Waals surface area (Å²) in [6.45, 7) is 1.71. The summed E-state index contributed by atoms with van der Waals surface area (Å²) in [4.78, 5) is 19.8. The second-order valence-corrected chi connectivity index (χ2v) is 6.13. The van der Waals surface area contributed by atoms with Gasteiger partial charge in [0.15, 0.2) is 5.58 Å². The highest BCUT2D eigenvalue weighted by molar-refractivity contribution is 7.13. The van der Waals surface area contributed by atoms with Crippen LogP contribution in [0.4, 0.5) is 0 Å². The summed E-state index contributed by atoms with van der Waals surface area (Å²) in [5.74, 6) is 0.703. The van der Waals surface area contributed by atoms with E-state index in [1.54, 1.807) is 17.4 Å². The first-order chi connectivity index (χ1) is 10.3. The lowest BCUT2D eigenvalue weighted by molar-refractivity contribution is 0.0793. The Kier molecular flexibility index (Phi) is 3.00. The zero-order chi connectivity index (χ0) is 14.2. The fourth-order valence-corrected chi connectivity index (χ4v) is 3.32. The van der Waals surface area contributed by atoms with Gasteiger partial charge in [0.1, 0.15) is 5.52 Å². The van der Waals surface area contributed by atoms with Crippen molar-refractivity contribution in [3.63, 3.8) is 0 Å². The Morgan fingerprint density at radius 3 is 2.86 bits per heavy atom. The molecule has 1 fully saturated rings. The molecule has 21 heavy (non-hydrogen) atoms. The van der Waals surface area contributed by atoms with Gasteiger partial charge in [-0.2, -0.15) is 0 Å². The Morgan fingerprint density at radius 1 is 1.24 bits per heavy atom. The smallest absolute Gasteiger partial charge is 0.253 e. The van der Waals surface area contributed by atoms with E-state index in [0.717, 1.165) is 36.3 Å². The molecule has 0 atom stereocenters. The summed E-state index contributed by atoms with van der Waals surface area (Å²) in [5, 5.41) is 1.99. The standard InChI is InChI=1S/C16H14N2O2S/c19-16(18-7-1-2-8-18)11-5-6-12-13(10-11)20-15(17-12)14-4-3-9-21-14/h3-6,9-10H,1-2,7-8H2. The maximum atomic E-state index is 12.4. The topological polar surface area (TPSA) is 46.3 Å². The van der Waals surface area contributed by atoms with Crippen molar-refractivity contribution >= 4 is 28.3 Å². The van der Waals surface area contributed by atoms with Crippen LogP contribution < -0.4 is 0 Å². The van der Waals surface area contributed by atoms with Crippen LogP contribution in [0.3, 0.4) is 0 Å². The molecule has 0 unspecified atom stereocenters. The highest BCUT2D eigenvalue weighted by atomic mass is 32.1. The number of oxazole rings is 1. The normalized spacial score (nSPS) is 15.0. The first-order valence-electron chi connectivity index (χ1n) is 7.05. The minimum atomic E-state index is 0.0865. The molecule has 0 spiro atoms. The van der Waals surface area contributed by atoms with Crippen molar-refractivity contribution in [2.45, 2.75) is 12.8 Å². The van der Waals surface area contributed by atoms with E-state index in [2.05, 4.69) is 4.98 Å². The average molecular weight is 298 g/mol. The van der Waals surface area contributed by atoms with Gasteiger partial charge < -0.3 is 9.32 Å². The Bertz CT molecular complexity index is 786. The maximum Gasteiger partial charge on any atom is 0.253 e. The van der Waals surface area contributed by atoms with E-state index >= 15 is 0 Å². The molecule has 0 aliphatic carbocycles. The quantitative estimate of drug-likeness (QED) is 0.723. The molecule has 5 heteroatoms. The van der Waals surface area contributed by atoms with Crippen LogP contribution in [0.25, 0.3) is 21.9 Å². The third-order valence-corrected chi connectivity index (χ3v) is 4.62. The fourth-order valence-electron chi connectivity index (χ4n) is 2.67. The zero-order valence-corrected chi connectivity index (χ0v) is 12.2. The summed E-state index contributed by atoms with van der Waals surface area (Å²) in [7, 11) is 0. The number of nitrogens with zero attached hydrogens (tertiary/aromatic N) is 2. The number of rotatable bonds is 2. The largest absolute Gasteiger partial charge is 0.435 e. The number of carbonyl (C=O) groups excluding carboxylic acids is 1. The molecule has 0 N–H and O–H groups in total. The van der Waals surface area contributed by atoms with Gasteiger partial charge in [-0.05, 0) is 42.5 Å². The first kappa shape index (κ1) is 12.6. The van der Waals surface area contributed by atoms with Crippen LogP contribution >= 0.6 is 11.3 Å². The molecular weight excluding hydrogens is 284 g/mol. The Balaban J connectivity index is 1.71. The van der Waals surface area contributed by atoms with E-state index in [-0.39, 0.29) is 5.91 Å². The number of hydrogen-bond donors (Lipinski definition) is 0. The number of amides is 1. The number of aromatic nitrogens is 1. The summed E-state index contributed by atoms with van der Waals surface area (Å²) < 4.78 is 5.79. The van der Waals surface area contributed by atoms with Crippen LogP contribution in [0.1, 0.15) is 23.2 Å². The van der Waals surface area contributed by atoms with Crippen molar-refractivity contribution in [3.8, 4) is 10.8 Å². The minimum Gasteiger partial charge on any atom is -0.435 e. The van der Waals surface area contributed by atoms with Crippen LogP contribution in [0.2, 0.25) is 0 Å². The van der Waals surface area contributed by atoms with Gasteiger partial charge in [0.25, 0.3) is 5.91 Å². The summed E-state index contributed by atoms with van der Waals surface area (Å²) in [5.41, 5.74) is 2.14. The average Bonchev–Trinajstić information content (AvgIpc) is 3.24. The van der Waals surface area contributed by atoms with Crippen molar-refractivity contribution in [3.05, 3.63) is 41.3 Å². The molecule has 3 heterocycles. The van der Waals surface area contributed by atoms with Crippen molar-refractivity contribution < 1.29 is 9.21 Å². The van der Waals surface area contributed by atoms with E-state index in [4.69, 9.17) is 4.42 Å². The van der Waals surface area contributed by atoms with E-state index in [9.17, 15) is 4.79 Å². The first-order valence-corrected chi connectivity index (χ1v) is 7.93. The fraction of sp³-hybridized carbons (Fsp3) is 0.250. The predicted molar refractivity (Wildman–Crippen MR) is 82.5 cm³/mol. The van der Waals surface area contributed by atoms with Gasteiger partial charge in [0.2, 0.25) is 5.89 Å². The lowest BCUT2D eigenvalue weighted by Crippen LogP contribution is -2.27. The monoisotopic (exact) mass is 298 g/mol. The van der Waals surface area contributed by atoms with Crippen LogP contribution in [0, 0.1) is 0 Å².